The second kappa shape index (κ2) is 5.76. The molecule has 2 rings (SSSR count). The summed E-state index contributed by atoms with van der Waals surface area (Å²) in [6.45, 7) is 7.40. The number of hydrogen-bond donors (Lipinski definition) is 3. The summed E-state index contributed by atoms with van der Waals surface area (Å²) in [6.07, 6.45) is 0.852. The summed E-state index contributed by atoms with van der Waals surface area (Å²) in [4.78, 5) is 16.7. The van der Waals surface area contributed by atoms with Crippen LogP contribution >= 0.6 is 0 Å². The maximum atomic E-state index is 12.3. The number of nitrogens with one attached hydrogen (secondary N) is 2. The molecule has 4 N–H and O–H groups in total. The highest BCUT2D eigenvalue weighted by Crippen LogP contribution is 2.23. The molecule has 1 aliphatic heterocycles. The molecule has 2 heterocycles. The topological polar surface area (TPSA) is 89.3 Å². The van der Waals surface area contributed by atoms with Crippen molar-refractivity contribution >= 4 is 11.7 Å². The molecule has 1 atom stereocenters. The van der Waals surface area contributed by atoms with Crippen LogP contribution in [0.25, 0.3) is 0 Å². The molecule has 0 radical (unpaired) electrons. The van der Waals surface area contributed by atoms with Gasteiger partial charge in [0.1, 0.15) is 5.82 Å². The second-order valence-electron chi connectivity index (χ2n) is 6.05. The summed E-state index contributed by atoms with van der Waals surface area (Å²) < 4.78 is 5.26. The molecule has 0 aliphatic carbocycles. The Labute approximate surface area is 119 Å². The predicted octanol–water partition coefficient (Wildman–Crippen LogP) is 1.18. The molecule has 0 aromatic carbocycles. The fourth-order valence-corrected chi connectivity index (χ4v) is 2.04. The minimum atomic E-state index is -0.154. The van der Waals surface area contributed by atoms with Gasteiger partial charge in [0.2, 0.25) is 0 Å². The molecule has 6 heteroatoms. The van der Waals surface area contributed by atoms with Crippen molar-refractivity contribution in [2.45, 2.75) is 38.6 Å². The zero-order valence-corrected chi connectivity index (χ0v) is 12.2. The zero-order valence-electron chi connectivity index (χ0n) is 12.2. The Morgan fingerprint density at radius 1 is 1.45 bits per heavy atom. The lowest BCUT2D eigenvalue weighted by atomic mass is 9.90. The number of amides is 1. The van der Waals surface area contributed by atoms with Gasteiger partial charge in [0.25, 0.3) is 5.91 Å². The van der Waals surface area contributed by atoms with Gasteiger partial charge in [-0.2, -0.15) is 0 Å². The SMILES string of the molecule is CC(C)(C)c1cc(C(=O)NC2CCOC2)cc(NN)n1. The zero-order chi connectivity index (χ0) is 14.8. The highest BCUT2D eigenvalue weighted by Gasteiger charge is 2.22. The molecule has 20 heavy (non-hydrogen) atoms. The number of anilines is 1. The number of nitrogens with zero attached hydrogens (tertiary/aromatic N) is 1. The number of carbonyl (C=O) groups excluding carboxylic acids is 1. The number of nitrogens with two attached hydrogens (primary N) is 1. The molecule has 0 bridgehead atoms. The van der Waals surface area contributed by atoms with E-state index in [-0.39, 0.29) is 17.4 Å². The Kier molecular flexibility index (Phi) is 4.25. The summed E-state index contributed by atoms with van der Waals surface area (Å²) in [5, 5.41) is 2.96. The molecule has 0 spiro atoms. The van der Waals surface area contributed by atoms with Gasteiger partial charge in [-0.15, -0.1) is 0 Å². The van der Waals surface area contributed by atoms with Crippen LogP contribution in [0.15, 0.2) is 12.1 Å². The Bertz CT molecular complexity index is 490. The van der Waals surface area contributed by atoms with Crippen LogP contribution in [0.4, 0.5) is 5.82 Å². The van der Waals surface area contributed by atoms with Crippen molar-refractivity contribution in [1.82, 2.24) is 10.3 Å². The van der Waals surface area contributed by atoms with Gasteiger partial charge in [0.15, 0.2) is 0 Å². The Balaban J connectivity index is 2.23. The molecule has 1 fully saturated rings. The van der Waals surface area contributed by atoms with E-state index >= 15 is 0 Å². The number of carbonyl (C=O) groups is 1. The average Bonchev–Trinajstić information content (AvgIpc) is 2.90. The molecule has 6 nitrogen and oxygen atoms in total. The number of ether oxygens (including phenoxy) is 1. The molecule has 1 aromatic heterocycles. The van der Waals surface area contributed by atoms with Crippen LogP contribution in [0.3, 0.4) is 0 Å². The average molecular weight is 278 g/mol. The molecule has 110 valence electrons. The van der Waals surface area contributed by atoms with Crippen LogP contribution in [0.2, 0.25) is 0 Å². The van der Waals surface area contributed by atoms with Crippen LogP contribution in [0.1, 0.15) is 43.2 Å². The minimum absolute atomic E-state index is 0.0861. The Morgan fingerprint density at radius 3 is 2.75 bits per heavy atom. The van der Waals surface area contributed by atoms with Crippen LogP contribution < -0.4 is 16.6 Å². The van der Waals surface area contributed by atoms with Gasteiger partial charge in [-0.05, 0) is 18.6 Å². The van der Waals surface area contributed by atoms with Gasteiger partial charge >= 0.3 is 0 Å². The van der Waals surface area contributed by atoms with Crippen LogP contribution in [-0.2, 0) is 10.2 Å². The predicted molar refractivity (Wildman–Crippen MR) is 77.4 cm³/mol. The Morgan fingerprint density at radius 2 is 2.20 bits per heavy atom. The van der Waals surface area contributed by atoms with Crippen molar-refractivity contribution in [3.05, 3.63) is 23.4 Å². The summed E-state index contributed by atoms with van der Waals surface area (Å²) in [6, 6.07) is 3.55. The number of aromatic nitrogens is 1. The lowest BCUT2D eigenvalue weighted by Gasteiger charge is -2.20. The fourth-order valence-electron chi connectivity index (χ4n) is 2.04. The third kappa shape index (κ3) is 3.46. The van der Waals surface area contributed by atoms with E-state index in [0.717, 1.165) is 12.1 Å². The van der Waals surface area contributed by atoms with Gasteiger partial charge in [0, 0.05) is 23.3 Å². The maximum Gasteiger partial charge on any atom is 0.251 e. The van der Waals surface area contributed by atoms with E-state index in [1.165, 1.54) is 0 Å². The van der Waals surface area contributed by atoms with E-state index in [2.05, 4.69) is 15.7 Å². The molecule has 0 saturated carbocycles. The largest absolute Gasteiger partial charge is 0.379 e. The first-order chi connectivity index (χ1) is 9.40. The van der Waals surface area contributed by atoms with Crippen molar-refractivity contribution < 1.29 is 9.53 Å². The Hall–Kier alpha value is -1.66. The lowest BCUT2D eigenvalue weighted by molar-refractivity contribution is 0.0929. The first-order valence-corrected chi connectivity index (χ1v) is 6.78. The van der Waals surface area contributed by atoms with E-state index in [1.54, 1.807) is 6.07 Å². The monoisotopic (exact) mass is 278 g/mol. The fraction of sp³-hybridized carbons (Fsp3) is 0.571. The van der Waals surface area contributed by atoms with Crippen molar-refractivity contribution in [3.63, 3.8) is 0 Å². The van der Waals surface area contributed by atoms with E-state index in [1.807, 2.05) is 26.8 Å². The lowest BCUT2D eigenvalue weighted by Crippen LogP contribution is -2.35. The third-order valence-electron chi connectivity index (χ3n) is 3.27. The maximum absolute atomic E-state index is 12.3. The summed E-state index contributed by atoms with van der Waals surface area (Å²) in [5.41, 5.74) is 3.74. The van der Waals surface area contributed by atoms with Crippen LogP contribution in [0.5, 0.6) is 0 Å². The quantitative estimate of drug-likeness (QED) is 0.571. The number of hydrogen-bond acceptors (Lipinski definition) is 5. The van der Waals surface area contributed by atoms with Crippen LogP contribution in [0, 0.1) is 0 Å². The molecule has 1 unspecified atom stereocenters. The molecule has 1 aromatic rings. The second-order valence-corrected chi connectivity index (χ2v) is 6.05. The molecular weight excluding hydrogens is 256 g/mol. The van der Waals surface area contributed by atoms with E-state index < -0.39 is 0 Å². The summed E-state index contributed by atoms with van der Waals surface area (Å²) >= 11 is 0. The van der Waals surface area contributed by atoms with Gasteiger partial charge in [-0.1, -0.05) is 20.8 Å². The number of nitrogen functional groups attached to an aromatic ring is 1. The number of pyridine rings is 1. The summed E-state index contributed by atoms with van der Waals surface area (Å²) in [7, 11) is 0. The van der Waals surface area contributed by atoms with E-state index in [9.17, 15) is 4.79 Å². The standard InChI is InChI=1S/C14H22N4O2/c1-14(2,3)11-6-9(7-12(17-11)18-15)13(19)16-10-4-5-20-8-10/h6-7,10H,4-5,8,15H2,1-3H3,(H,16,19)(H,17,18). The minimum Gasteiger partial charge on any atom is -0.379 e. The van der Waals surface area contributed by atoms with E-state index in [0.29, 0.717) is 24.6 Å². The number of hydrazine groups is 1. The molecular formula is C14H22N4O2. The summed E-state index contributed by atoms with van der Waals surface area (Å²) in [5.74, 6) is 5.80. The highest BCUT2D eigenvalue weighted by atomic mass is 16.5. The number of rotatable bonds is 3. The van der Waals surface area contributed by atoms with Crippen molar-refractivity contribution in [1.29, 1.82) is 0 Å². The van der Waals surface area contributed by atoms with Crippen molar-refractivity contribution in [2.75, 3.05) is 18.6 Å². The highest BCUT2D eigenvalue weighted by molar-refractivity contribution is 5.95. The van der Waals surface area contributed by atoms with Gasteiger partial charge in [-0.3, -0.25) is 4.79 Å². The van der Waals surface area contributed by atoms with Crippen molar-refractivity contribution in [3.8, 4) is 0 Å². The smallest absolute Gasteiger partial charge is 0.251 e. The molecule has 1 saturated heterocycles. The molecule has 1 amide bonds. The third-order valence-corrected chi connectivity index (χ3v) is 3.27. The van der Waals surface area contributed by atoms with Crippen molar-refractivity contribution in [2.24, 2.45) is 5.84 Å². The van der Waals surface area contributed by atoms with Crippen LogP contribution in [-0.4, -0.2) is 30.1 Å². The van der Waals surface area contributed by atoms with Gasteiger partial charge in [0.05, 0.1) is 12.6 Å². The van der Waals surface area contributed by atoms with E-state index in [4.69, 9.17) is 10.6 Å². The first kappa shape index (κ1) is 14.7. The molecule has 1 aliphatic rings. The van der Waals surface area contributed by atoms with Gasteiger partial charge in [-0.25, -0.2) is 10.8 Å². The normalized spacial score (nSPS) is 18.9. The first-order valence-electron chi connectivity index (χ1n) is 6.78. The van der Waals surface area contributed by atoms with Gasteiger partial charge < -0.3 is 15.5 Å².